The van der Waals surface area contributed by atoms with Crippen LogP contribution in [0.2, 0.25) is 0 Å². The fourth-order valence-corrected chi connectivity index (χ4v) is 3.38. The summed E-state index contributed by atoms with van der Waals surface area (Å²) >= 11 is 1.59. The van der Waals surface area contributed by atoms with Gasteiger partial charge in [0.1, 0.15) is 5.60 Å². The molecule has 2 atom stereocenters. The Morgan fingerprint density at radius 3 is 2.86 bits per heavy atom. The van der Waals surface area contributed by atoms with Gasteiger partial charge in [-0.2, -0.15) is 11.3 Å². The van der Waals surface area contributed by atoms with E-state index in [0.29, 0.717) is 12.6 Å². The van der Waals surface area contributed by atoms with Gasteiger partial charge in [0, 0.05) is 19.6 Å². The molecule has 0 aromatic carbocycles. The highest BCUT2D eigenvalue weighted by molar-refractivity contribution is 14.0. The van der Waals surface area contributed by atoms with Crippen LogP contribution in [0.5, 0.6) is 0 Å². The number of rotatable bonds is 5. The maximum absolute atomic E-state index is 10.5. The van der Waals surface area contributed by atoms with Crippen molar-refractivity contribution in [1.82, 2.24) is 15.5 Å². The van der Waals surface area contributed by atoms with Crippen molar-refractivity contribution in [3.05, 3.63) is 22.4 Å². The Morgan fingerprint density at radius 2 is 2.32 bits per heavy atom. The fraction of sp³-hybridized carbons (Fsp3) is 0.667. The number of likely N-dealkylation sites (tertiary alicyclic amines) is 1. The number of nitrogens with one attached hydrogen (secondary N) is 2. The third-order valence-electron chi connectivity index (χ3n) is 4.14. The van der Waals surface area contributed by atoms with Gasteiger partial charge in [-0.05, 0) is 55.7 Å². The number of aliphatic imine (C=N–C) groups is 1. The second kappa shape index (κ2) is 9.05. The summed E-state index contributed by atoms with van der Waals surface area (Å²) in [4.78, 5) is 6.60. The molecule has 3 N–H and O–H groups in total. The highest BCUT2D eigenvalue weighted by atomic mass is 127. The second-order valence-electron chi connectivity index (χ2n) is 5.87. The molecule has 2 rings (SSSR count). The molecule has 2 heterocycles. The van der Waals surface area contributed by atoms with Gasteiger partial charge in [-0.25, -0.2) is 0 Å². The number of likely N-dealkylation sites (N-methyl/N-ethyl adjacent to an activating group) is 1. The lowest BCUT2D eigenvalue weighted by molar-refractivity contribution is 0.0621. The molecule has 5 nitrogen and oxygen atoms in total. The molecule has 22 heavy (non-hydrogen) atoms. The van der Waals surface area contributed by atoms with Crippen molar-refractivity contribution in [2.75, 3.05) is 33.7 Å². The van der Waals surface area contributed by atoms with Crippen molar-refractivity contribution >= 4 is 41.3 Å². The summed E-state index contributed by atoms with van der Waals surface area (Å²) in [7, 11) is 3.92. The second-order valence-corrected chi connectivity index (χ2v) is 6.65. The van der Waals surface area contributed by atoms with Gasteiger partial charge in [-0.3, -0.25) is 4.99 Å². The van der Waals surface area contributed by atoms with Crippen LogP contribution in [0.25, 0.3) is 0 Å². The Hall–Kier alpha value is -0.380. The number of aliphatic hydroxyl groups is 1. The van der Waals surface area contributed by atoms with Gasteiger partial charge in [0.05, 0.1) is 6.54 Å². The summed E-state index contributed by atoms with van der Waals surface area (Å²) in [6, 6.07) is 2.52. The zero-order chi connectivity index (χ0) is 15.3. The van der Waals surface area contributed by atoms with E-state index < -0.39 is 5.60 Å². The lowest BCUT2D eigenvalue weighted by Gasteiger charge is -2.25. The fourth-order valence-electron chi connectivity index (χ4n) is 2.60. The van der Waals surface area contributed by atoms with Crippen molar-refractivity contribution in [3.8, 4) is 0 Å². The lowest BCUT2D eigenvalue weighted by atomic mass is 9.99. The van der Waals surface area contributed by atoms with E-state index in [2.05, 4.69) is 27.6 Å². The standard InChI is InChI=1S/C15H26N4OS.HI/c1-15(20,12-6-8-21-10-12)11-18-14(16-2)17-9-13-5-4-7-19(13)3;/h6,8,10,13,20H,4-5,7,9,11H2,1-3H3,(H2,16,17,18);1H. The molecule has 1 fully saturated rings. The van der Waals surface area contributed by atoms with E-state index in [9.17, 15) is 5.11 Å². The minimum Gasteiger partial charge on any atom is -0.384 e. The number of nitrogens with zero attached hydrogens (tertiary/aromatic N) is 2. The van der Waals surface area contributed by atoms with Crippen LogP contribution in [0.1, 0.15) is 25.3 Å². The van der Waals surface area contributed by atoms with Gasteiger partial charge in [0.15, 0.2) is 5.96 Å². The number of guanidine groups is 1. The number of halogens is 1. The Kier molecular flexibility index (Phi) is 8.09. The normalized spacial score (nSPS) is 22.0. The van der Waals surface area contributed by atoms with Crippen molar-refractivity contribution in [1.29, 1.82) is 0 Å². The molecule has 126 valence electrons. The summed E-state index contributed by atoms with van der Waals surface area (Å²) in [6.45, 7) is 4.31. The molecule has 1 aliphatic heterocycles. The van der Waals surface area contributed by atoms with Gasteiger partial charge in [-0.1, -0.05) is 0 Å². The van der Waals surface area contributed by atoms with Gasteiger partial charge in [0.2, 0.25) is 0 Å². The Labute approximate surface area is 154 Å². The third kappa shape index (κ3) is 5.36. The predicted molar refractivity (Wildman–Crippen MR) is 104 cm³/mol. The first-order chi connectivity index (χ1) is 10.0. The average molecular weight is 438 g/mol. The van der Waals surface area contributed by atoms with Crippen molar-refractivity contribution < 1.29 is 5.11 Å². The zero-order valence-electron chi connectivity index (χ0n) is 13.5. The molecule has 0 amide bonds. The largest absolute Gasteiger partial charge is 0.384 e. The smallest absolute Gasteiger partial charge is 0.191 e. The molecule has 1 aromatic rings. The molecular formula is C15H27IN4OS. The SMILES string of the molecule is CN=C(NCC1CCCN1C)NCC(C)(O)c1ccsc1.I. The third-order valence-corrected chi connectivity index (χ3v) is 4.83. The van der Waals surface area contributed by atoms with Crippen molar-refractivity contribution in [2.45, 2.75) is 31.4 Å². The van der Waals surface area contributed by atoms with Crippen molar-refractivity contribution in [3.63, 3.8) is 0 Å². The van der Waals surface area contributed by atoms with E-state index in [4.69, 9.17) is 0 Å². The molecule has 7 heteroatoms. The Morgan fingerprint density at radius 1 is 1.55 bits per heavy atom. The van der Waals surface area contributed by atoms with Crippen LogP contribution >= 0.6 is 35.3 Å². The number of thiophene rings is 1. The first-order valence-corrected chi connectivity index (χ1v) is 8.37. The van der Waals surface area contributed by atoms with Crippen LogP contribution in [-0.4, -0.2) is 55.7 Å². The maximum Gasteiger partial charge on any atom is 0.191 e. The predicted octanol–water partition coefficient (Wildman–Crippen LogP) is 1.83. The molecular weight excluding hydrogens is 411 g/mol. The number of hydrogen-bond acceptors (Lipinski definition) is 4. The topological polar surface area (TPSA) is 59.9 Å². The van der Waals surface area contributed by atoms with Crippen LogP contribution in [0.15, 0.2) is 21.8 Å². The molecule has 0 bridgehead atoms. The summed E-state index contributed by atoms with van der Waals surface area (Å²) < 4.78 is 0. The van der Waals surface area contributed by atoms with Gasteiger partial charge in [0.25, 0.3) is 0 Å². The molecule has 0 aliphatic carbocycles. The van der Waals surface area contributed by atoms with Crippen LogP contribution in [0.3, 0.4) is 0 Å². The van der Waals surface area contributed by atoms with E-state index in [1.807, 2.05) is 23.8 Å². The molecule has 0 spiro atoms. The molecule has 1 saturated heterocycles. The van der Waals surface area contributed by atoms with Crippen LogP contribution in [-0.2, 0) is 5.60 Å². The van der Waals surface area contributed by atoms with E-state index in [1.165, 1.54) is 19.4 Å². The first kappa shape index (κ1) is 19.7. The Balaban J connectivity index is 0.00000242. The quantitative estimate of drug-likeness (QED) is 0.373. The monoisotopic (exact) mass is 438 g/mol. The molecule has 1 aliphatic rings. The summed E-state index contributed by atoms with van der Waals surface area (Å²) in [5, 5.41) is 21.0. The van der Waals surface area contributed by atoms with E-state index >= 15 is 0 Å². The van der Waals surface area contributed by atoms with Crippen molar-refractivity contribution in [2.24, 2.45) is 4.99 Å². The lowest BCUT2D eigenvalue weighted by Crippen LogP contribution is -2.47. The average Bonchev–Trinajstić information content (AvgIpc) is 3.11. The van der Waals surface area contributed by atoms with Gasteiger partial charge in [-0.15, -0.1) is 24.0 Å². The van der Waals surface area contributed by atoms with Crippen LogP contribution in [0, 0.1) is 0 Å². The molecule has 1 aromatic heterocycles. The first-order valence-electron chi connectivity index (χ1n) is 7.43. The van der Waals surface area contributed by atoms with E-state index in [1.54, 1.807) is 18.4 Å². The van der Waals surface area contributed by atoms with Crippen LogP contribution < -0.4 is 10.6 Å². The van der Waals surface area contributed by atoms with Crippen LogP contribution in [0.4, 0.5) is 0 Å². The molecule has 0 saturated carbocycles. The number of hydrogen-bond donors (Lipinski definition) is 3. The highest BCUT2D eigenvalue weighted by Gasteiger charge is 2.24. The molecule has 2 unspecified atom stereocenters. The summed E-state index contributed by atoms with van der Waals surface area (Å²) in [5.41, 5.74) is 0.0490. The highest BCUT2D eigenvalue weighted by Crippen LogP contribution is 2.21. The van der Waals surface area contributed by atoms with E-state index in [0.717, 1.165) is 18.1 Å². The van der Waals surface area contributed by atoms with E-state index in [-0.39, 0.29) is 24.0 Å². The Bertz CT molecular complexity index is 464. The molecule has 0 radical (unpaired) electrons. The maximum atomic E-state index is 10.5. The zero-order valence-corrected chi connectivity index (χ0v) is 16.6. The minimum atomic E-state index is -0.887. The van der Waals surface area contributed by atoms with Gasteiger partial charge >= 0.3 is 0 Å². The van der Waals surface area contributed by atoms with Gasteiger partial charge < -0.3 is 20.6 Å². The summed E-state index contributed by atoms with van der Waals surface area (Å²) in [5.74, 6) is 0.741. The summed E-state index contributed by atoms with van der Waals surface area (Å²) in [6.07, 6.45) is 2.49. The minimum absolute atomic E-state index is 0.